The molecule has 0 aromatic heterocycles. The summed E-state index contributed by atoms with van der Waals surface area (Å²) < 4.78 is 24.3. The van der Waals surface area contributed by atoms with E-state index in [1.165, 1.54) is 18.2 Å². The molecule has 30 heavy (non-hydrogen) atoms. The SMILES string of the molecule is COc1ccc(C(NC(=O)CNc2cc(Cl)ccc2F)c2ccc(OC)cc2)cc1. The van der Waals surface area contributed by atoms with E-state index in [2.05, 4.69) is 10.6 Å². The Morgan fingerprint density at radius 1 is 0.933 bits per heavy atom. The summed E-state index contributed by atoms with van der Waals surface area (Å²) in [6.07, 6.45) is 0. The number of carbonyl (C=O) groups is 1. The first kappa shape index (κ1) is 21.5. The van der Waals surface area contributed by atoms with Gasteiger partial charge in [-0.05, 0) is 53.6 Å². The van der Waals surface area contributed by atoms with E-state index >= 15 is 0 Å². The third-order valence-corrected chi connectivity index (χ3v) is 4.81. The van der Waals surface area contributed by atoms with Crippen LogP contribution in [0.1, 0.15) is 17.2 Å². The van der Waals surface area contributed by atoms with Crippen molar-refractivity contribution in [1.82, 2.24) is 5.32 Å². The number of rotatable bonds is 8. The molecule has 0 aliphatic carbocycles. The summed E-state index contributed by atoms with van der Waals surface area (Å²) in [6.45, 7) is -0.111. The lowest BCUT2D eigenvalue weighted by molar-refractivity contribution is -0.119. The zero-order valence-electron chi connectivity index (χ0n) is 16.6. The number of ether oxygens (including phenoxy) is 2. The van der Waals surface area contributed by atoms with Gasteiger partial charge in [0.1, 0.15) is 17.3 Å². The Bertz CT molecular complexity index is 947. The lowest BCUT2D eigenvalue weighted by Gasteiger charge is -2.21. The normalized spacial score (nSPS) is 10.6. The number of methoxy groups -OCH3 is 2. The maximum atomic E-state index is 13.9. The monoisotopic (exact) mass is 428 g/mol. The topological polar surface area (TPSA) is 59.6 Å². The van der Waals surface area contributed by atoms with Crippen LogP contribution in [-0.2, 0) is 4.79 Å². The summed E-state index contributed by atoms with van der Waals surface area (Å²) in [6, 6.07) is 18.6. The molecule has 0 fully saturated rings. The molecule has 3 aromatic carbocycles. The fraction of sp³-hybridized carbons (Fsp3) is 0.174. The van der Waals surface area contributed by atoms with Gasteiger partial charge < -0.3 is 20.1 Å². The quantitative estimate of drug-likeness (QED) is 0.540. The molecule has 0 aliphatic heterocycles. The number of amides is 1. The molecule has 156 valence electrons. The number of hydrogen-bond acceptors (Lipinski definition) is 4. The van der Waals surface area contributed by atoms with Crippen LogP contribution >= 0.6 is 11.6 Å². The van der Waals surface area contributed by atoms with E-state index in [1.807, 2.05) is 48.5 Å². The van der Waals surface area contributed by atoms with Crippen molar-refractivity contribution in [2.45, 2.75) is 6.04 Å². The number of hydrogen-bond donors (Lipinski definition) is 2. The first-order valence-corrected chi connectivity index (χ1v) is 9.64. The van der Waals surface area contributed by atoms with Crippen LogP contribution in [-0.4, -0.2) is 26.7 Å². The Kier molecular flexibility index (Phi) is 7.14. The molecule has 5 nitrogen and oxygen atoms in total. The van der Waals surface area contributed by atoms with E-state index in [1.54, 1.807) is 14.2 Å². The molecule has 1 amide bonds. The Balaban J connectivity index is 1.78. The molecule has 7 heteroatoms. The van der Waals surface area contributed by atoms with Crippen LogP contribution < -0.4 is 20.1 Å². The first-order valence-electron chi connectivity index (χ1n) is 9.26. The highest BCUT2D eigenvalue weighted by Crippen LogP contribution is 2.26. The van der Waals surface area contributed by atoms with Crippen molar-refractivity contribution in [2.24, 2.45) is 0 Å². The average molecular weight is 429 g/mol. The standard InChI is InChI=1S/C23H22ClFN2O3/c1-29-18-8-3-15(4-9-18)23(16-5-10-19(30-2)11-6-16)27-22(28)14-26-21-13-17(24)7-12-20(21)25/h3-13,23,26H,14H2,1-2H3,(H,27,28). The molecule has 0 atom stereocenters. The minimum Gasteiger partial charge on any atom is -0.497 e. The minimum atomic E-state index is -0.478. The van der Waals surface area contributed by atoms with Crippen LogP contribution in [0.15, 0.2) is 66.7 Å². The van der Waals surface area contributed by atoms with E-state index in [-0.39, 0.29) is 18.1 Å². The van der Waals surface area contributed by atoms with Gasteiger partial charge in [-0.3, -0.25) is 4.79 Å². The van der Waals surface area contributed by atoms with E-state index in [0.717, 1.165) is 22.6 Å². The summed E-state index contributed by atoms with van der Waals surface area (Å²) in [7, 11) is 3.19. The second-order valence-electron chi connectivity index (χ2n) is 6.52. The van der Waals surface area contributed by atoms with Crippen LogP contribution in [0, 0.1) is 5.82 Å². The number of nitrogens with one attached hydrogen (secondary N) is 2. The minimum absolute atomic E-state index is 0.111. The summed E-state index contributed by atoms with van der Waals surface area (Å²) in [5.74, 6) is 0.661. The van der Waals surface area contributed by atoms with Crippen LogP contribution in [0.3, 0.4) is 0 Å². The second-order valence-corrected chi connectivity index (χ2v) is 6.96. The van der Waals surface area contributed by atoms with Crippen LogP contribution in [0.4, 0.5) is 10.1 Å². The van der Waals surface area contributed by atoms with Gasteiger partial charge in [0.15, 0.2) is 0 Å². The highest BCUT2D eigenvalue weighted by Gasteiger charge is 2.17. The van der Waals surface area contributed by atoms with Gasteiger partial charge in [-0.1, -0.05) is 35.9 Å². The molecule has 3 aromatic rings. The van der Waals surface area contributed by atoms with Gasteiger partial charge in [-0.2, -0.15) is 0 Å². The van der Waals surface area contributed by atoms with E-state index in [4.69, 9.17) is 21.1 Å². The summed E-state index contributed by atoms with van der Waals surface area (Å²) in [5, 5.41) is 6.16. The Hall–Kier alpha value is -3.25. The fourth-order valence-corrected chi connectivity index (χ4v) is 3.14. The maximum Gasteiger partial charge on any atom is 0.240 e. The smallest absolute Gasteiger partial charge is 0.240 e. The second kappa shape index (κ2) is 9.98. The molecule has 0 aliphatic rings. The molecule has 0 unspecified atom stereocenters. The lowest BCUT2D eigenvalue weighted by atomic mass is 9.98. The third kappa shape index (κ3) is 5.42. The predicted octanol–water partition coefficient (Wildman–Crippen LogP) is 4.81. The number of carbonyl (C=O) groups excluding carboxylic acids is 1. The van der Waals surface area contributed by atoms with Gasteiger partial charge >= 0.3 is 0 Å². The number of anilines is 1. The molecule has 0 heterocycles. The molecule has 2 N–H and O–H groups in total. The van der Waals surface area contributed by atoms with Crippen molar-refractivity contribution >= 4 is 23.2 Å². The highest BCUT2D eigenvalue weighted by molar-refractivity contribution is 6.30. The molecule has 0 spiro atoms. The first-order chi connectivity index (χ1) is 14.5. The third-order valence-electron chi connectivity index (χ3n) is 4.57. The molecular formula is C23H22ClFN2O3. The van der Waals surface area contributed by atoms with Gasteiger partial charge in [-0.15, -0.1) is 0 Å². The summed E-state index contributed by atoms with van der Waals surface area (Å²) >= 11 is 5.90. The highest BCUT2D eigenvalue weighted by atomic mass is 35.5. The van der Waals surface area contributed by atoms with Crippen molar-refractivity contribution in [3.8, 4) is 11.5 Å². The van der Waals surface area contributed by atoms with Crippen molar-refractivity contribution in [2.75, 3.05) is 26.1 Å². The lowest BCUT2D eigenvalue weighted by Crippen LogP contribution is -2.34. The van der Waals surface area contributed by atoms with Crippen molar-refractivity contribution in [3.05, 3.63) is 88.7 Å². The van der Waals surface area contributed by atoms with Gasteiger partial charge in [-0.25, -0.2) is 4.39 Å². The maximum absolute atomic E-state index is 13.9. The predicted molar refractivity (Wildman–Crippen MR) is 116 cm³/mol. The zero-order valence-corrected chi connectivity index (χ0v) is 17.4. The van der Waals surface area contributed by atoms with Crippen molar-refractivity contribution in [3.63, 3.8) is 0 Å². The van der Waals surface area contributed by atoms with Crippen LogP contribution in [0.2, 0.25) is 5.02 Å². The molecule has 0 bridgehead atoms. The summed E-state index contributed by atoms with van der Waals surface area (Å²) in [4.78, 5) is 12.6. The molecule has 0 radical (unpaired) electrons. The van der Waals surface area contributed by atoms with E-state index in [0.29, 0.717) is 5.02 Å². The zero-order chi connectivity index (χ0) is 21.5. The van der Waals surface area contributed by atoms with Gasteiger partial charge in [0.25, 0.3) is 0 Å². The Morgan fingerprint density at radius 2 is 1.47 bits per heavy atom. The van der Waals surface area contributed by atoms with Gasteiger partial charge in [0.05, 0.1) is 32.5 Å². The van der Waals surface area contributed by atoms with Gasteiger partial charge in [0, 0.05) is 5.02 Å². The fourth-order valence-electron chi connectivity index (χ4n) is 2.97. The van der Waals surface area contributed by atoms with Gasteiger partial charge in [0.2, 0.25) is 5.91 Å². The largest absolute Gasteiger partial charge is 0.497 e. The number of halogens is 2. The van der Waals surface area contributed by atoms with Crippen molar-refractivity contribution < 1.29 is 18.7 Å². The van der Waals surface area contributed by atoms with E-state index < -0.39 is 11.9 Å². The van der Waals surface area contributed by atoms with Crippen LogP contribution in [0.5, 0.6) is 11.5 Å². The van der Waals surface area contributed by atoms with E-state index in [9.17, 15) is 9.18 Å². The Morgan fingerprint density at radius 3 is 1.97 bits per heavy atom. The molecule has 3 rings (SSSR count). The van der Waals surface area contributed by atoms with Crippen molar-refractivity contribution in [1.29, 1.82) is 0 Å². The number of benzene rings is 3. The molecule has 0 saturated heterocycles. The molecular weight excluding hydrogens is 407 g/mol. The van der Waals surface area contributed by atoms with Crippen LogP contribution in [0.25, 0.3) is 0 Å². The average Bonchev–Trinajstić information content (AvgIpc) is 2.78. The summed E-state index contributed by atoms with van der Waals surface area (Å²) in [5.41, 5.74) is 1.93. The molecule has 0 saturated carbocycles. The Labute approximate surface area is 179 Å².